The number of fused-ring (bicyclic) bond motifs is 1. The van der Waals surface area contributed by atoms with Gasteiger partial charge in [0.15, 0.2) is 0 Å². The topological polar surface area (TPSA) is 55.8 Å². The first-order valence-corrected chi connectivity index (χ1v) is 5.12. The molecule has 16 heavy (non-hydrogen) atoms. The molecule has 4 heteroatoms. The molecule has 0 saturated carbocycles. The van der Waals surface area contributed by atoms with E-state index in [-0.39, 0.29) is 0 Å². The molecule has 0 bridgehead atoms. The molecule has 0 amide bonds. The molecular weight excluding hydrogens is 208 g/mol. The molecule has 1 aliphatic heterocycles. The zero-order valence-corrected chi connectivity index (χ0v) is 9.32. The third-order valence-corrected chi connectivity index (χ3v) is 3.11. The first-order chi connectivity index (χ1) is 7.58. The average Bonchev–Trinajstić information content (AvgIpc) is 2.28. The summed E-state index contributed by atoms with van der Waals surface area (Å²) in [6.07, 6.45) is 0.488. The van der Waals surface area contributed by atoms with E-state index in [9.17, 15) is 9.90 Å². The van der Waals surface area contributed by atoms with Crippen LogP contribution in [-0.4, -0.2) is 24.8 Å². The van der Waals surface area contributed by atoms with Crippen LogP contribution >= 0.6 is 0 Å². The van der Waals surface area contributed by atoms with Gasteiger partial charge in [0.25, 0.3) is 0 Å². The SMILES string of the molecule is COc1ccc2c(c1)OCCC2(C)C(=O)O. The number of hydrogen-bond donors (Lipinski definition) is 1. The lowest BCUT2D eigenvalue weighted by atomic mass is 9.78. The normalized spacial score (nSPS) is 23.1. The van der Waals surface area contributed by atoms with Crippen molar-refractivity contribution in [2.75, 3.05) is 13.7 Å². The molecule has 1 aromatic carbocycles. The maximum atomic E-state index is 11.3. The van der Waals surface area contributed by atoms with E-state index in [2.05, 4.69) is 0 Å². The van der Waals surface area contributed by atoms with E-state index < -0.39 is 11.4 Å². The molecule has 1 N–H and O–H groups in total. The van der Waals surface area contributed by atoms with E-state index in [1.54, 1.807) is 32.2 Å². The van der Waals surface area contributed by atoms with Gasteiger partial charge in [-0.1, -0.05) is 6.07 Å². The van der Waals surface area contributed by atoms with E-state index >= 15 is 0 Å². The van der Waals surface area contributed by atoms with Crippen molar-refractivity contribution in [3.63, 3.8) is 0 Å². The third kappa shape index (κ3) is 1.50. The van der Waals surface area contributed by atoms with Gasteiger partial charge in [0.05, 0.1) is 19.1 Å². The Morgan fingerprint density at radius 2 is 2.31 bits per heavy atom. The fourth-order valence-electron chi connectivity index (χ4n) is 1.93. The highest BCUT2D eigenvalue weighted by Gasteiger charge is 2.40. The van der Waals surface area contributed by atoms with E-state index in [1.165, 1.54) is 0 Å². The second kappa shape index (κ2) is 3.70. The number of carbonyl (C=O) groups is 1. The molecule has 86 valence electrons. The molecule has 2 rings (SSSR count). The Balaban J connectivity index is 2.51. The monoisotopic (exact) mass is 222 g/mol. The lowest BCUT2D eigenvalue weighted by Crippen LogP contribution is -2.37. The van der Waals surface area contributed by atoms with Crippen LogP contribution < -0.4 is 9.47 Å². The molecule has 1 heterocycles. The maximum absolute atomic E-state index is 11.3. The molecule has 0 spiro atoms. The number of carboxylic acid groups (broad SMARTS) is 1. The van der Waals surface area contributed by atoms with Crippen molar-refractivity contribution in [1.29, 1.82) is 0 Å². The van der Waals surface area contributed by atoms with Crippen molar-refractivity contribution in [2.45, 2.75) is 18.8 Å². The zero-order valence-electron chi connectivity index (χ0n) is 9.32. The molecule has 1 atom stereocenters. The van der Waals surface area contributed by atoms with Gasteiger partial charge >= 0.3 is 5.97 Å². The first kappa shape index (κ1) is 10.8. The highest BCUT2D eigenvalue weighted by molar-refractivity contribution is 5.82. The molecule has 1 aromatic rings. The Kier molecular flexibility index (Phi) is 2.50. The van der Waals surface area contributed by atoms with Crippen LogP contribution in [-0.2, 0) is 10.2 Å². The smallest absolute Gasteiger partial charge is 0.314 e. The van der Waals surface area contributed by atoms with E-state index in [0.29, 0.717) is 30.1 Å². The summed E-state index contributed by atoms with van der Waals surface area (Å²) in [5, 5.41) is 9.28. The Morgan fingerprint density at radius 3 is 2.94 bits per heavy atom. The average molecular weight is 222 g/mol. The Hall–Kier alpha value is -1.71. The molecule has 1 aliphatic rings. The van der Waals surface area contributed by atoms with Crippen molar-refractivity contribution in [2.24, 2.45) is 0 Å². The van der Waals surface area contributed by atoms with E-state index in [1.807, 2.05) is 0 Å². The summed E-state index contributed by atoms with van der Waals surface area (Å²) in [7, 11) is 1.57. The lowest BCUT2D eigenvalue weighted by molar-refractivity contribution is -0.144. The van der Waals surface area contributed by atoms with Gasteiger partial charge in [-0.25, -0.2) is 0 Å². The summed E-state index contributed by atoms with van der Waals surface area (Å²) in [5.41, 5.74) is -0.146. The van der Waals surface area contributed by atoms with Gasteiger partial charge in [0, 0.05) is 18.1 Å². The summed E-state index contributed by atoms with van der Waals surface area (Å²) < 4.78 is 10.5. The van der Waals surface area contributed by atoms with Crippen LogP contribution in [0.25, 0.3) is 0 Å². The number of methoxy groups -OCH3 is 1. The van der Waals surface area contributed by atoms with Crippen LogP contribution in [0.1, 0.15) is 18.9 Å². The van der Waals surface area contributed by atoms with E-state index in [4.69, 9.17) is 9.47 Å². The standard InChI is InChI=1S/C12H14O4/c1-12(11(13)14)5-6-16-10-7-8(15-2)3-4-9(10)12/h3-4,7H,5-6H2,1-2H3,(H,13,14). The third-order valence-electron chi connectivity index (χ3n) is 3.11. The largest absolute Gasteiger partial charge is 0.497 e. The van der Waals surface area contributed by atoms with Crippen LogP contribution in [0.15, 0.2) is 18.2 Å². The Bertz CT molecular complexity index is 427. The van der Waals surface area contributed by atoms with Crippen LogP contribution in [0.4, 0.5) is 0 Å². The number of carboxylic acids is 1. The molecule has 0 fully saturated rings. The molecule has 0 aromatic heterocycles. The summed E-state index contributed by atoms with van der Waals surface area (Å²) in [4.78, 5) is 11.3. The lowest BCUT2D eigenvalue weighted by Gasteiger charge is -2.32. The molecule has 0 aliphatic carbocycles. The predicted molar refractivity (Wildman–Crippen MR) is 58.1 cm³/mol. The van der Waals surface area contributed by atoms with Crippen molar-refractivity contribution in [3.05, 3.63) is 23.8 Å². The summed E-state index contributed by atoms with van der Waals surface area (Å²) in [6, 6.07) is 5.26. The van der Waals surface area contributed by atoms with Crippen molar-refractivity contribution in [1.82, 2.24) is 0 Å². The highest BCUT2D eigenvalue weighted by Crippen LogP contribution is 2.40. The summed E-state index contributed by atoms with van der Waals surface area (Å²) >= 11 is 0. The number of benzene rings is 1. The molecule has 4 nitrogen and oxygen atoms in total. The van der Waals surface area contributed by atoms with Gasteiger partial charge in [-0.15, -0.1) is 0 Å². The fourth-order valence-corrected chi connectivity index (χ4v) is 1.93. The van der Waals surface area contributed by atoms with Crippen molar-refractivity contribution >= 4 is 5.97 Å². The maximum Gasteiger partial charge on any atom is 0.314 e. The predicted octanol–water partition coefficient (Wildman–Crippen LogP) is 1.82. The Labute approximate surface area is 93.8 Å². The second-order valence-corrected chi connectivity index (χ2v) is 4.10. The van der Waals surface area contributed by atoms with E-state index in [0.717, 1.165) is 0 Å². The minimum atomic E-state index is -0.861. The van der Waals surface area contributed by atoms with Crippen LogP contribution in [0.5, 0.6) is 11.5 Å². The van der Waals surface area contributed by atoms with Crippen LogP contribution in [0.3, 0.4) is 0 Å². The van der Waals surface area contributed by atoms with Crippen molar-refractivity contribution in [3.8, 4) is 11.5 Å². The van der Waals surface area contributed by atoms with Crippen LogP contribution in [0.2, 0.25) is 0 Å². The van der Waals surface area contributed by atoms with Crippen molar-refractivity contribution < 1.29 is 19.4 Å². The fraction of sp³-hybridized carbons (Fsp3) is 0.417. The van der Waals surface area contributed by atoms with Gasteiger partial charge in [0.1, 0.15) is 11.5 Å². The quantitative estimate of drug-likeness (QED) is 0.829. The summed E-state index contributed by atoms with van der Waals surface area (Å²) in [5.74, 6) is 0.464. The minimum Gasteiger partial charge on any atom is -0.497 e. The van der Waals surface area contributed by atoms with Gasteiger partial charge in [-0.2, -0.15) is 0 Å². The second-order valence-electron chi connectivity index (χ2n) is 4.10. The van der Waals surface area contributed by atoms with Gasteiger partial charge in [0.2, 0.25) is 0 Å². The molecular formula is C12H14O4. The molecule has 1 unspecified atom stereocenters. The molecule has 0 radical (unpaired) electrons. The minimum absolute atomic E-state index is 0.420. The summed E-state index contributed by atoms with van der Waals surface area (Å²) in [6.45, 7) is 2.14. The van der Waals surface area contributed by atoms with Gasteiger partial charge in [-0.3, -0.25) is 4.79 Å². The zero-order chi connectivity index (χ0) is 11.8. The Morgan fingerprint density at radius 1 is 1.56 bits per heavy atom. The first-order valence-electron chi connectivity index (χ1n) is 5.12. The number of ether oxygens (including phenoxy) is 2. The number of rotatable bonds is 2. The molecule has 0 saturated heterocycles. The van der Waals surface area contributed by atoms with Crippen LogP contribution in [0, 0.1) is 0 Å². The van der Waals surface area contributed by atoms with Gasteiger partial charge < -0.3 is 14.6 Å². The number of aliphatic carboxylic acids is 1. The van der Waals surface area contributed by atoms with Gasteiger partial charge in [-0.05, 0) is 13.0 Å². The number of hydrogen-bond acceptors (Lipinski definition) is 3. The highest BCUT2D eigenvalue weighted by atomic mass is 16.5.